The highest BCUT2D eigenvalue weighted by Crippen LogP contribution is 2.31. The molecule has 2 aromatic carbocycles. The molecular formula is C26H29N5O3. The molecule has 1 aliphatic rings. The van der Waals surface area contributed by atoms with Gasteiger partial charge < -0.3 is 31.2 Å². The third-order valence-electron chi connectivity index (χ3n) is 5.87. The average molecular weight is 460 g/mol. The smallest absolute Gasteiger partial charge is 0.251 e. The summed E-state index contributed by atoms with van der Waals surface area (Å²) in [6.07, 6.45) is 2.10. The number of nitrogens with two attached hydrogens (primary N) is 1. The maximum atomic E-state index is 12.3. The molecule has 8 heteroatoms. The third kappa shape index (κ3) is 5.35. The van der Waals surface area contributed by atoms with Crippen LogP contribution in [0.1, 0.15) is 25.3 Å². The minimum Gasteiger partial charge on any atom is -0.457 e. The molecule has 0 saturated carbocycles. The van der Waals surface area contributed by atoms with E-state index in [1.54, 1.807) is 17.2 Å². The normalized spacial score (nSPS) is 16.5. The highest BCUT2D eigenvalue weighted by Gasteiger charge is 2.29. The molecule has 1 saturated heterocycles. The molecule has 3 aromatic rings. The zero-order chi connectivity index (χ0) is 24.1. The molecule has 8 nitrogen and oxygen atoms in total. The first kappa shape index (κ1) is 23.3. The maximum Gasteiger partial charge on any atom is 0.251 e. The molecule has 34 heavy (non-hydrogen) atoms. The Kier molecular flexibility index (Phi) is 7.08. The Morgan fingerprint density at radius 3 is 2.59 bits per heavy atom. The van der Waals surface area contributed by atoms with Crippen molar-refractivity contribution >= 4 is 28.8 Å². The lowest BCUT2D eigenvalue weighted by Crippen LogP contribution is -2.46. The van der Waals surface area contributed by atoms with Gasteiger partial charge in [0, 0.05) is 42.2 Å². The quantitative estimate of drug-likeness (QED) is 0.393. The molecule has 0 radical (unpaired) electrons. The van der Waals surface area contributed by atoms with Crippen LogP contribution in [-0.2, 0) is 4.79 Å². The number of piperidine rings is 1. The first-order valence-electron chi connectivity index (χ1n) is 11.3. The lowest BCUT2D eigenvalue weighted by molar-refractivity contribution is -0.140. The first-order valence-corrected chi connectivity index (χ1v) is 11.3. The zero-order valence-electron chi connectivity index (χ0n) is 19.1. The van der Waals surface area contributed by atoms with Crippen LogP contribution in [0.25, 0.3) is 0 Å². The van der Waals surface area contributed by atoms with Crippen LogP contribution in [0.15, 0.2) is 66.9 Å². The molecule has 0 bridgehead atoms. The number of nitrogen functional groups attached to an aromatic ring is 1. The van der Waals surface area contributed by atoms with E-state index in [-0.39, 0.29) is 11.8 Å². The summed E-state index contributed by atoms with van der Waals surface area (Å²) >= 11 is 0. The number of pyridine rings is 1. The first-order chi connectivity index (χ1) is 16.4. The molecule has 1 amide bonds. The summed E-state index contributed by atoms with van der Waals surface area (Å²) in [4.78, 5) is 18.1. The molecule has 0 unspecified atom stereocenters. The van der Waals surface area contributed by atoms with Gasteiger partial charge in [-0.05, 0) is 62.2 Å². The van der Waals surface area contributed by atoms with Crippen LogP contribution < -0.4 is 15.8 Å². The molecule has 2 atom stereocenters. The van der Waals surface area contributed by atoms with Gasteiger partial charge in [0.15, 0.2) is 0 Å². The largest absolute Gasteiger partial charge is 0.457 e. The molecule has 1 fully saturated rings. The van der Waals surface area contributed by atoms with Crippen molar-refractivity contribution in [2.24, 2.45) is 5.92 Å². The predicted octanol–water partition coefficient (Wildman–Crippen LogP) is 4.19. The Labute approximate surface area is 198 Å². The number of hydrogen-bond donors (Lipinski definition) is 4. The van der Waals surface area contributed by atoms with Crippen LogP contribution in [0.4, 0.5) is 17.2 Å². The molecule has 0 spiro atoms. The van der Waals surface area contributed by atoms with Crippen LogP contribution in [-0.4, -0.2) is 45.8 Å². The summed E-state index contributed by atoms with van der Waals surface area (Å²) in [5, 5.41) is 21.9. The van der Waals surface area contributed by atoms with Crippen molar-refractivity contribution in [2.75, 3.05) is 24.1 Å². The Bertz CT molecular complexity index is 1150. The van der Waals surface area contributed by atoms with Crippen molar-refractivity contribution in [1.29, 1.82) is 5.41 Å². The third-order valence-corrected chi connectivity index (χ3v) is 5.87. The van der Waals surface area contributed by atoms with Crippen LogP contribution in [0.3, 0.4) is 0 Å². The van der Waals surface area contributed by atoms with Gasteiger partial charge in [0.25, 0.3) is 5.91 Å². The van der Waals surface area contributed by atoms with E-state index in [0.717, 1.165) is 24.3 Å². The number of benzene rings is 2. The molecule has 4 rings (SSSR count). The second-order valence-electron chi connectivity index (χ2n) is 8.40. The topological polar surface area (TPSA) is 125 Å². The lowest BCUT2D eigenvalue weighted by Gasteiger charge is -2.34. The fourth-order valence-corrected chi connectivity index (χ4v) is 4.11. The highest BCUT2D eigenvalue weighted by atomic mass is 16.5. The molecule has 2 heterocycles. The van der Waals surface area contributed by atoms with E-state index in [0.29, 0.717) is 41.6 Å². The van der Waals surface area contributed by atoms with Gasteiger partial charge in [-0.2, -0.15) is 0 Å². The van der Waals surface area contributed by atoms with Crippen LogP contribution >= 0.6 is 0 Å². The number of anilines is 3. The van der Waals surface area contributed by atoms with Gasteiger partial charge >= 0.3 is 0 Å². The molecular weight excluding hydrogens is 430 g/mol. The number of likely N-dealkylation sites (tertiary alicyclic amines) is 1. The number of hydrogen-bond acceptors (Lipinski definition) is 7. The van der Waals surface area contributed by atoms with Gasteiger partial charge in [0.05, 0.1) is 5.69 Å². The number of carbonyl (C=O) groups excluding carboxylic acids is 1. The molecule has 1 aliphatic heterocycles. The van der Waals surface area contributed by atoms with Crippen molar-refractivity contribution in [3.05, 3.63) is 72.4 Å². The van der Waals surface area contributed by atoms with Crippen LogP contribution in [0.5, 0.6) is 11.5 Å². The van der Waals surface area contributed by atoms with Gasteiger partial charge in [0.2, 0.25) is 0 Å². The van der Waals surface area contributed by atoms with E-state index in [4.69, 9.17) is 15.9 Å². The number of nitrogens with one attached hydrogen (secondary N) is 2. The highest BCUT2D eigenvalue weighted by molar-refractivity contribution is 6.07. The van der Waals surface area contributed by atoms with Gasteiger partial charge in [0.1, 0.15) is 23.4 Å². The van der Waals surface area contributed by atoms with E-state index >= 15 is 0 Å². The molecule has 0 aliphatic carbocycles. The number of ether oxygens (including phenoxy) is 1. The Morgan fingerprint density at radius 1 is 1.18 bits per heavy atom. The lowest BCUT2D eigenvalue weighted by atomic mass is 9.88. The molecule has 5 N–H and O–H groups in total. The van der Waals surface area contributed by atoms with Crippen molar-refractivity contribution in [3.63, 3.8) is 0 Å². The van der Waals surface area contributed by atoms with E-state index in [1.165, 1.54) is 6.92 Å². The van der Waals surface area contributed by atoms with E-state index in [2.05, 4.69) is 10.3 Å². The Morgan fingerprint density at radius 2 is 1.88 bits per heavy atom. The monoisotopic (exact) mass is 459 g/mol. The summed E-state index contributed by atoms with van der Waals surface area (Å²) in [6.45, 7) is 2.46. The number of carbonyl (C=O) groups is 1. The number of aromatic nitrogens is 1. The minimum absolute atomic E-state index is 0.152. The van der Waals surface area contributed by atoms with Crippen molar-refractivity contribution in [3.8, 4) is 11.5 Å². The zero-order valence-corrected chi connectivity index (χ0v) is 19.1. The number of para-hydroxylation sites is 1. The van der Waals surface area contributed by atoms with Gasteiger partial charge in [-0.25, -0.2) is 4.98 Å². The number of aliphatic hydroxyl groups excluding tert-OH is 1. The summed E-state index contributed by atoms with van der Waals surface area (Å²) in [7, 11) is 0. The Hall–Kier alpha value is -3.91. The SMILES string of the molecule is C[C@H](O)C(=O)N1CCC[C@@H](C(=N)c2ccnc(N)c2Nc2ccc(Oc3ccccc3)cc2)C1. The van der Waals surface area contributed by atoms with Gasteiger partial charge in [-0.1, -0.05) is 18.2 Å². The van der Waals surface area contributed by atoms with Gasteiger partial charge in [-0.3, -0.25) is 4.79 Å². The number of nitrogens with zero attached hydrogens (tertiary/aromatic N) is 2. The van der Waals surface area contributed by atoms with Crippen LogP contribution in [0, 0.1) is 11.3 Å². The second kappa shape index (κ2) is 10.4. The minimum atomic E-state index is -1.05. The summed E-state index contributed by atoms with van der Waals surface area (Å²) < 4.78 is 5.85. The van der Waals surface area contributed by atoms with E-state index in [9.17, 15) is 9.90 Å². The number of aliphatic hydroxyl groups is 1. The van der Waals surface area contributed by atoms with Crippen molar-refractivity contribution in [1.82, 2.24) is 9.88 Å². The van der Waals surface area contributed by atoms with E-state index in [1.807, 2.05) is 54.6 Å². The Balaban J connectivity index is 1.50. The molecule has 1 aromatic heterocycles. The van der Waals surface area contributed by atoms with Crippen molar-refractivity contribution < 1.29 is 14.6 Å². The summed E-state index contributed by atoms with van der Waals surface area (Å²) in [5.41, 5.74) is 8.57. The second-order valence-corrected chi connectivity index (χ2v) is 8.40. The number of rotatable bonds is 7. The fourth-order valence-electron chi connectivity index (χ4n) is 4.11. The van der Waals surface area contributed by atoms with Crippen molar-refractivity contribution in [2.45, 2.75) is 25.9 Å². The molecule has 176 valence electrons. The van der Waals surface area contributed by atoms with Crippen LogP contribution in [0.2, 0.25) is 0 Å². The standard InChI is InChI=1S/C26H29N5O3/c1-17(32)26(33)31-15-5-6-18(16-31)23(27)22-13-14-29-25(28)24(22)30-19-9-11-21(12-10-19)34-20-7-3-2-4-8-20/h2-4,7-14,17-18,27,30,32H,5-6,15-16H2,1H3,(H2,28,29)/t17-,18+/m0/s1. The predicted molar refractivity (Wildman–Crippen MR) is 133 cm³/mol. The maximum absolute atomic E-state index is 12.3. The summed E-state index contributed by atoms with van der Waals surface area (Å²) in [5.74, 6) is 1.29. The summed E-state index contributed by atoms with van der Waals surface area (Å²) in [6, 6.07) is 18.8. The average Bonchev–Trinajstić information content (AvgIpc) is 2.86. The van der Waals surface area contributed by atoms with E-state index < -0.39 is 6.10 Å². The fraction of sp³-hybridized carbons (Fsp3) is 0.269. The number of amides is 1. The van der Waals surface area contributed by atoms with Gasteiger partial charge in [-0.15, -0.1) is 0 Å².